The molecule has 1 aliphatic rings. The first-order valence-electron chi connectivity index (χ1n) is 9.14. The number of thioether (sulfide) groups is 1. The second kappa shape index (κ2) is 8.08. The molecule has 0 radical (unpaired) electrons. The van der Waals surface area contributed by atoms with Gasteiger partial charge < -0.3 is 9.73 Å². The summed E-state index contributed by atoms with van der Waals surface area (Å²) in [6.07, 6.45) is 3.80. The third kappa shape index (κ3) is 4.48. The average Bonchev–Trinajstić information content (AvgIpc) is 3.26. The van der Waals surface area contributed by atoms with Crippen LogP contribution < -0.4 is 5.32 Å². The number of benzene rings is 1. The molecule has 150 valence electrons. The second-order valence-corrected chi connectivity index (χ2v) is 7.82. The molecular formula is C19H19N5O4S. The zero-order valence-corrected chi connectivity index (χ0v) is 16.5. The summed E-state index contributed by atoms with van der Waals surface area (Å²) in [5.74, 6) is 1.97. The molecule has 1 saturated carbocycles. The molecule has 0 spiro atoms. The van der Waals surface area contributed by atoms with Gasteiger partial charge in [0.2, 0.25) is 5.91 Å². The molecule has 9 nitrogen and oxygen atoms in total. The number of hydrogen-bond donors (Lipinski definition) is 1. The molecule has 3 aromatic rings. The fourth-order valence-corrected chi connectivity index (χ4v) is 3.68. The highest BCUT2D eigenvalue weighted by Crippen LogP contribution is 2.40. The minimum absolute atomic E-state index is 0.0641. The van der Waals surface area contributed by atoms with Gasteiger partial charge in [0.15, 0.2) is 5.16 Å². The van der Waals surface area contributed by atoms with Crippen LogP contribution in [0, 0.1) is 17.0 Å². The number of rotatable bonds is 8. The summed E-state index contributed by atoms with van der Waals surface area (Å²) in [5.41, 5.74) is 1.12. The van der Waals surface area contributed by atoms with Crippen molar-refractivity contribution >= 4 is 29.0 Å². The van der Waals surface area contributed by atoms with Crippen molar-refractivity contribution in [1.82, 2.24) is 14.8 Å². The van der Waals surface area contributed by atoms with E-state index in [9.17, 15) is 14.9 Å². The van der Waals surface area contributed by atoms with Gasteiger partial charge >= 0.3 is 0 Å². The van der Waals surface area contributed by atoms with Crippen molar-refractivity contribution in [2.45, 2.75) is 37.4 Å². The highest BCUT2D eigenvalue weighted by atomic mass is 32.2. The number of nitrogens with one attached hydrogen (secondary N) is 1. The molecule has 1 aliphatic carbocycles. The van der Waals surface area contributed by atoms with Gasteiger partial charge in [0, 0.05) is 18.1 Å². The fourth-order valence-electron chi connectivity index (χ4n) is 2.93. The number of aromatic nitrogens is 3. The Labute approximate surface area is 170 Å². The molecule has 2 aromatic heterocycles. The molecular weight excluding hydrogens is 394 g/mol. The van der Waals surface area contributed by atoms with Crippen molar-refractivity contribution in [1.29, 1.82) is 0 Å². The maximum Gasteiger partial charge on any atom is 0.271 e. The number of carbonyl (C=O) groups is 1. The van der Waals surface area contributed by atoms with Crippen LogP contribution >= 0.6 is 11.8 Å². The van der Waals surface area contributed by atoms with Crippen molar-refractivity contribution in [2.24, 2.45) is 0 Å². The van der Waals surface area contributed by atoms with Gasteiger partial charge in [-0.25, -0.2) is 0 Å². The van der Waals surface area contributed by atoms with Gasteiger partial charge in [-0.2, -0.15) is 0 Å². The molecule has 0 bridgehead atoms. The Bertz CT molecular complexity index is 1040. The molecule has 4 rings (SSSR count). The lowest BCUT2D eigenvalue weighted by molar-refractivity contribution is -0.384. The van der Waals surface area contributed by atoms with E-state index in [0.29, 0.717) is 23.3 Å². The molecule has 1 amide bonds. The smallest absolute Gasteiger partial charge is 0.271 e. The summed E-state index contributed by atoms with van der Waals surface area (Å²) in [6, 6.07) is 8.11. The first-order valence-corrected chi connectivity index (χ1v) is 10.1. The Morgan fingerprint density at radius 1 is 1.38 bits per heavy atom. The van der Waals surface area contributed by atoms with E-state index in [4.69, 9.17) is 4.42 Å². The quantitative estimate of drug-likeness (QED) is 0.340. The fraction of sp³-hybridized carbons (Fsp3) is 0.316. The van der Waals surface area contributed by atoms with Crippen molar-refractivity contribution < 1.29 is 14.1 Å². The third-order valence-electron chi connectivity index (χ3n) is 4.62. The first-order chi connectivity index (χ1) is 14.0. The topological polar surface area (TPSA) is 116 Å². The molecule has 0 unspecified atom stereocenters. The molecule has 1 N–H and O–H groups in total. The van der Waals surface area contributed by atoms with E-state index in [2.05, 4.69) is 15.5 Å². The van der Waals surface area contributed by atoms with Gasteiger partial charge in [-0.1, -0.05) is 17.8 Å². The van der Waals surface area contributed by atoms with Crippen molar-refractivity contribution in [3.63, 3.8) is 0 Å². The van der Waals surface area contributed by atoms with Gasteiger partial charge in [0.25, 0.3) is 5.69 Å². The Hall–Kier alpha value is -3.14. The summed E-state index contributed by atoms with van der Waals surface area (Å²) in [5, 5.41) is 22.9. The highest BCUT2D eigenvalue weighted by molar-refractivity contribution is 7.99. The summed E-state index contributed by atoms with van der Waals surface area (Å²) in [4.78, 5) is 22.9. The van der Waals surface area contributed by atoms with E-state index >= 15 is 0 Å². The maximum absolute atomic E-state index is 12.4. The number of nitro groups is 1. The predicted octanol–water partition coefficient (Wildman–Crippen LogP) is 3.74. The second-order valence-electron chi connectivity index (χ2n) is 6.87. The number of anilines is 1. The van der Waals surface area contributed by atoms with E-state index in [-0.39, 0.29) is 17.3 Å². The lowest BCUT2D eigenvalue weighted by Gasteiger charge is -2.09. The Morgan fingerprint density at radius 3 is 2.90 bits per heavy atom. The molecule has 1 aromatic carbocycles. The van der Waals surface area contributed by atoms with Crippen LogP contribution in [0.2, 0.25) is 0 Å². The molecule has 0 saturated heterocycles. The number of hydrogen-bond acceptors (Lipinski definition) is 7. The first kappa shape index (κ1) is 19.2. The predicted molar refractivity (Wildman–Crippen MR) is 107 cm³/mol. The number of non-ortho nitro benzene ring substituents is 1. The summed E-state index contributed by atoms with van der Waals surface area (Å²) >= 11 is 1.28. The van der Waals surface area contributed by atoms with Crippen LogP contribution in [0.1, 0.15) is 35.9 Å². The van der Waals surface area contributed by atoms with Crippen LogP contribution in [0.3, 0.4) is 0 Å². The van der Waals surface area contributed by atoms with Crippen LogP contribution in [-0.2, 0) is 11.3 Å². The molecule has 1 fully saturated rings. The molecule has 2 heterocycles. The minimum Gasteiger partial charge on any atom is -0.467 e. The van der Waals surface area contributed by atoms with Gasteiger partial charge in [0.05, 0.1) is 29.2 Å². The lowest BCUT2D eigenvalue weighted by Crippen LogP contribution is -2.16. The van der Waals surface area contributed by atoms with Crippen molar-refractivity contribution in [3.8, 4) is 0 Å². The van der Waals surface area contributed by atoms with Crippen LogP contribution in [0.15, 0.2) is 46.2 Å². The standard InChI is InChI=1S/C19H19N5O4S/c1-12-4-7-14(24(26)27)9-16(12)20-17(25)11-29-19-22-21-18(13-5-6-13)23(19)10-15-3-2-8-28-15/h2-4,7-9,13H,5-6,10-11H2,1H3,(H,20,25). The van der Waals surface area contributed by atoms with E-state index < -0.39 is 4.92 Å². The van der Waals surface area contributed by atoms with Crippen LogP contribution in [0.25, 0.3) is 0 Å². The largest absolute Gasteiger partial charge is 0.467 e. The summed E-state index contributed by atoms with van der Waals surface area (Å²) in [7, 11) is 0. The lowest BCUT2D eigenvalue weighted by atomic mass is 10.2. The van der Waals surface area contributed by atoms with Crippen LogP contribution in [-0.4, -0.2) is 31.3 Å². The van der Waals surface area contributed by atoms with Crippen LogP contribution in [0.5, 0.6) is 0 Å². The van der Waals surface area contributed by atoms with Gasteiger partial charge in [-0.3, -0.25) is 19.5 Å². The molecule has 10 heteroatoms. The average molecular weight is 413 g/mol. The van der Waals surface area contributed by atoms with Crippen molar-refractivity contribution in [2.75, 3.05) is 11.1 Å². The summed E-state index contributed by atoms with van der Waals surface area (Å²) in [6.45, 7) is 2.30. The molecule has 29 heavy (non-hydrogen) atoms. The third-order valence-corrected chi connectivity index (χ3v) is 5.59. The normalized spacial score (nSPS) is 13.4. The van der Waals surface area contributed by atoms with Gasteiger partial charge in [0.1, 0.15) is 11.6 Å². The van der Waals surface area contributed by atoms with E-state index in [1.54, 1.807) is 19.3 Å². The van der Waals surface area contributed by atoms with Crippen LogP contribution in [0.4, 0.5) is 11.4 Å². The highest BCUT2D eigenvalue weighted by Gasteiger charge is 2.30. The number of amides is 1. The number of nitrogens with zero attached hydrogens (tertiary/aromatic N) is 4. The zero-order chi connectivity index (χ0) is 20.4. The van der Waals surface area contributed by atoms with E-state index in [0.717, 1.165) is 30.0 Å². The molecule has 0 atom stereocenters. The number of aryl methyl sites for hydroxylation is 1. The minimum atomic E-state index is -0.486. The number of carbonyl (C=O) groups excluding carboxylic acids is 1. The van der Waals surface area contributed by atoms with Gasteiger partial charge in [-0.15, -0.1) is 10.2 Å². The van der Waals surface area contributed by atoms with E-state index in [1.807, 2.05) is 16.7 Å². The Morgan fingerprint density at radius 2 is 2.21 bits per heavy atom. The molecule has 0 aliphatic heterocycles. The Kier molecular flexibility index (Phi) is 5.34. The number of nitro benzene ring substituents is 1. The zero-order valence-electron chi connectivity index (χ0n) is 15.7. The maximum atomic E-state index is 12.4. The van der Waals surface area contributed by atoms with E-state index in [1.165, 1.54) is 23.9 Å². The SMILES string of the molecule is Cc1ccc([N+](=O)[O-])cc1NC(=O)CSc1nnc(C2CC2)n1Cc1ccco1. The Balaban J connectivity index is 1.44. The summed E-state index contributed by atoms with van der Waals surface area (Å²) < 4.78 is 7.44. The monoisotopic (exact) mass is 413 g/mol. The number of furan rings is 1. The van der Waals surface area contributed by atoms with Gasteiger partial charge in [-0.05, 0) is 37.5 Å². The van der Waals surface area contributed by atoms with Crippen molar-refractivity contribution in [3.05, 3.63) is 63.9 Å².